The standard InChI is InChI=1S/C11H20N4O2S/c1-8(2)15-7-13-14-11(15)18-6-10(17)12-5-4-9(3)16/h7-9,16H,4-6H2,1-3H3,(H,12,17). The van der Waals surface area contributed by atoms with Gasteiger partial charge in [-0.1, -0.05) is 11.8 Å². The van der Waals surface area contributed by atoms with Crippen LogP contribution in [0, 0.1) is 0 Å². The molecule has 0 radical (unpaired) electrons. The first-order chi connectivity index (χ1) is 8.50. The number of nitrogens with one attached hydrogen (secondary N) is 1. The summed E-state index contributed by atoms with van der Waals surface area (Å²) in [4.78, 5) is 11.5. The number of aliphatic hydroxyl groups is 1. The van der Waals surface area contributed by atoms with Gasteiger partial charge >= 0.3 is 0 Å². The van der Waals surface area contributed by atoms with Crippen LogP contribution >= 0.6 is 11.8 Å². The summed E-state index contributed by atoms with van der Waals surface area (Å²) in [5, 5.41) is 20.4. The molecule has 1 unspecified atom stereocenters. The Morgan fingerprint density at radius 2 is 2.28 bits per heavy atom. The number of aromatic nitrogens is 3. The molecule has 0 aliphatic rings. The summed E-state index contributed by atoms with van der Waals surface area (Å²) in [6.07, 6.45) is 1.85. The van der Waals surface area contributed by atoms with Gasteiger partial charge in [-0.25, -0.2) is 0 Å². The molecule has 0 aromatic carbocycles. The number of carbonyl (C=O) groups excluding carboxylic acids is 1. The SMILES string of the molecule is CC(O)CCNC(=O)CSc1nncn1C(C)C. The van der Waals surface area contributed by atoms with E-state index in [0.717, 1.165) is 5.16 Å². The van der Waals surface area contributed by atoms with Crippen LogP contribution in [-0.2, 0) is 4.79 Å². The van der Waals surface area contributed by atoms with Crippen LogP contribution in [-0.4, -0.2) is 44.2 Å². The molecule has 1 aromatic heterocycles. The van der Waals surface area contributed by atoms with Gasteiger partial charge < -0.3 is 15.0 Å². The highest BCUT2D eigenvalue weighted by molar-refractivity contribution is 7.99. The number of amides is 1. The minimum absolute atomic E-state index is 0.0565. The van der Waals surface area contributed by atoms with Crippen LogP contribution in [0.1, 0.15) is 33.2 Å². The van der Waals surface area contributed by atoms with Crippen molar-refractivity contribution in [3.8, 4) is 0 Å². The molecule has 0 fully saturated rings. The van der Waals surface area contributed by atoms with E-state index in [0.29, 0.717) is 18.7 Å². The Balaban J connectivity index is 2.31. The molecule has 0 aliphatic heterocycles. The smallest absolute Gasteiger partial charge is 0.230 e. The first kappa shape index (κ1) is 15.0. The number of aliphatic hydroxyl groups excluding tert-OH is 1. The maximum Gasteiger partial charge on any atom is 0.230 e. The summed E-state index contributed by atoms with van der Waals surface area (Å²) < 4.78 is 1.92. The van der Waals surface area contributed by atoms with E-state index >= 15 is 0 Å². The molecule has 0 saturated carbocycles. The lowest BCUT2D eigenvalue weighted by atomic mass is 10.3. The van der Waals surface area contributed by atoms with Crippen molar-refractivity contribution in [3.63, 3.8) is 0 Å². The number of hydrogen-bond acceptors (Lipinski definition) is 5. The Labute approximate surface area is 111 Å². The Morgan fingerprint density at radius 3 is 2.89 bits per heavy atom. The van der Waals surface area contributed by atoms with Crippen LogP contribution in [0.2, 0.25) is 0 Å². The zero-order chi connectivity index (χ0) is 13.5. The largest absolute Gasteiger partial charge is 0.393 e. The highest BCUT2D eigenvalue weighted by atomic mass is 32.2. The maximum atomic E-state index is 11.5. The van der Waals surface area contributed by atoms with E-state index < -0.39 is 0 Å². The third kappa shape index (κ3) is 5.05. The van der Waals surface area contributed by atoms with Crippen molar-refractivity contribution >= 4 is 17.7 Å². The Kier molecular flexibility index (Phi) is 6.14. The second kappa shape index (κ2) is 7.38. The minimum atomic E-state index is -0.387. The van der Waals surface area contributed by atoms with Crippen molar-refractivity contribution in [3.05, 3.63) is 6.33 Å². The summed E-state index contributed by atoms with van der Waals surface area (Å²) >= 11 is 1.36. The van der Waals surface area contributed by atoms with E-state index in [1.54, 1.807) is 13.3 Å². The van der Waals surface area contributed by atoms with Gasteiger partial charge in [0.05, 0.1) is 11.9 Å². The van der Waals surface area contributed by atoms with Gasteiger partial charge in [0.2, 0.25) is 5.91 Å². The lowest BCUT2D eigenvalue weighted by Gasteiger charge is -2.09. The van der Waals surface area contributed by atoms with Crippen molar-refractivity contribution < 1.29 is 9.90 Å². The van der Waals surface area contributed by atoms with E-state index in [1.165, 1.54) is 11.8 Å². The second-order valence-electron chi connectivity index (χ2n) is 4.39. The fourth-order valence-corrected chi connectivity index (χ4v) is 2.17. The third-order valence-electron chi connectivity index (χ3n) is 2.31. The van der Waals surface area contributed by atoms with E-state index in [9.17, 15) is 4.79 Å². The molecular weight excluding hydrogens is 252 g/mol. The number of thioether (sulfide) groups is 1. The first-order valence-corrected chi connectivity index (χ1v) is 6.96. The van der Waals surface area contributed by atoms with Crippen LogP contribution in [0.3, 0.4) is 0 Å². The van der Waals surface area contributed by atoms with Gasteiger partial charge in [-0.2, -0.15) is 0 Å². The predicted octanol–water partition coefficient (Wildman–Crippen LogP) is 0.838. The summed E-state index contributed by atoms with van der Waals surface area (Å²) in [7, 11) is 0. The van der Waals surface area contributed by atoms with E-state index in [2.05, 4.69) is 15.5 Å². The topological polar surface area (TPSA) is 80.0 Å². The fourth-order valence-electron chi connectivity index (χ4n) is 1.29. The van der Waals surface area contributed by atoms with Crippen LogP contribution in [0.25, 0.3) is 0 Å². The number of hydrogen-bond donors (Lipinski definition) is 2. The van der Waals surface area contributed by atoms with Gasteiger partial charge in [0.25, 0.3) is 0 Å². The van der Waals surface area contributed by atoms with Gasteiger partial charge in [0, 0.05) is 12.6 Å². The minimum Gasteiger partial charge on any atom is -0.393 e. The monoisotopic (exact) mass is 272 g/mol. The van der Waals surface area contributed by atoms with Crippen molar-refractivity contribution in [1.29, 1.82) is 0 Å². The van der Waals surface area contributed by atoms with Crippen molar-refractivity contribution in [1.82, 2.24) is 20.1 Å². The molecular formula is C11H20N4O2S. The lowest BCUT2D eigenvalue weighted by Crippen LogP contribution is -2.28. The molecule has 1 rings (SSSR count). The second-order valence-corrected chi connectivity index (χ2v) is 5.33. The van der Waals surface area contributed by atoms with Crippen molar-refractivity contribution in [2.24, 2.45) is 0 Å². The summed E-state index contributed by atoms with van der Waals surface area (Å²) in [6.45, 7) is 6.27. The van der Waals surface area contributed by atoms with Crippen molar-refractivity contribution in [2.45, 2.75) is 44.5 Å². The van der Waals surface area contributed by atoms with Gasteiger partial charge in [0.1, 0.15) is 6.33 Å². The van der Waals surface area contributed by atoms with Gasteiger partial charge in [-0.05, 0) is 27.2 Å². The Bertz CT molecular complexity index is 379. The van der Waals surface area contributed by atoms with Gasteiger partial charge in [-0.15, -0.1) is 10.2 Å². The quantitative estimate of drug-likeness (QED) is 0.719. The molecule has 102 valence electrons. The molecule has 7 heteroatoms. The average Bonchev–Trinajstić information content (AvgIpc) is 2.74. The van der Waals surface area contributed by atoms with E-state index in [-0.39, 0.29) is 18.1 Å². The van der Waals surface area contributed by atoms with Crippen LogP contribution < -0.4 is 5.32 Å². The highest BCUT2D eigenvalue weighted by Crippen LogP contribution is 2.18. The molecule has 2 N–H and O–H groups in total. The predicted molar refractivity (Wildman–Crippen MR) is 70.4 cm³/mol. The number of carbonyl (C=O) groups is 1. The number of nitrogens with zero attached hydrogens (tertiary/aromatic N) is 3. The zero-order valence-corrected chi connectivity index (χ0v) is 11.8. The molecule has 18 heavy (non-hydrogen) atoms. The van der Waals surface area contributed by atoms with Crippen LogP contribution in [0.15, 0.2) is 11.5 Å². The van der Waals surface area contributed by atoms with Gasteiger partial charge in [-0.3, -0.25) is 4.79 Å². The van der Waals surface area contributed by atoms with Gasteiger partial charge in [0.15, 0.2) is 5.16 Å². The summed E-state index contributed by atoms with van der Waals surface area (Å²) in [5.74, 6) is 0.254. The Hall–Kier alpha value is -1.08. The summed E-state index contributed by atoms with van der Waals surface area (Å²) in [5.41, 5.74) is 0. The third-order valence-corrected chi connectivity index (χ3v) is 3.27. The van der Waals surface area contributed by atoms with Crippen LogP contribution in [0.4, 0.5) is 0 Å². The normalized spacial score (nSPS) is 12.7. The van der Waals surface area contributed by atoms with E-state index in [4.69, 9.17) is 5.11 Å². The molecule has 0 spiro atoms. The molecule has 1 atom stereocenters. The molecule has 0 saturated heterocycles. The molecule has 0 aliphatic carbocycles. The molecule has 1 heterocycles. The Morgan fingerprint density at radius 1 is 1.56 bits per heavy atom. The maximum absolute atomic E-state index is 11.5. The molecule has 0 bridgehead atoms. The molecule has 6 nitrogen and oxygen atoms in total. The fraction of sp³-hybridized carbons (Fsp3) is 0.727. The van der Waals surface area contributed by atoms with Crippen LogP contribution in [0.5, 0.6) is 0 Å². The molecule has 1 aromatic rings. The summed E-state index contributed by atoms with van der Waals surface area (Å²) in [6, 6.07) is 0.279. The lowest BCUT2D eigenvalue weighted by molar-refractivity contribution is -0.118. The first-order valence-electron chi connectivity index (χ1n) is 5.97. The number of rotatable bonds is 7. The zero-order valence-electron chi connectivity index (χ0n) is 11.0. The molecule has 1 amide bonds. The van der Waals surface area contributed by atoms with Crippen molar-refractivity contribution in [2.75, 3.05) is 12.3 Å². The van der Waals surface area contributed by atoms with E-state index in [1.807, 2.05) is 18.4 Å². The highest BCUT2D eigenvalue weighted by Gasteiger charge is 2.10. The average molecular weight is 272 g/mol.